The Labute approximate surface area is 361 Å². The number of anilines is 1. The normalized spacial score (nSPS) is 19.9. The van der Waals surface area contributed by atoms with E-state index in [2.05, 4.69) is 33.6 Å². The molecule has 0 spiro atoms. The van der Waals surface area contributed by atoms with Crippen molar-refractivity contribution < 1.29 is 28.7 Å². The molecular weight excluding hydrogens is 787 g/mol. The third kappa shape index (κ3) is 15.1. The zero-order valence-electron chi connectivity index (χ0n) is 37.3. The predicted octanol–water partition coefficient (Wildman–Crippen LogP) is 7.07. The number of hydrogen-bond acceptors (Lipinski definition) is 12. The highest BCUT2D eigenvalue weighted by molar-refractivity contribution is 7.14. The van der Waals surface area contributed by atoms with Crippen molar-refractivity contribution in [1.82, 2.24) is 29.6 Å². The maximum Gasteiger partial charge on any atom is 0.416 e. The molecular formula is C44H71N7O6S2. The number of nitrogens with zero attached hydrogens (tertiary/aromatic N) is 7. The molecule has 4 saturated heterocycles. The van der Waals surface area contributed by atoms with E-state index in [1.165, 1.54) is 79.4 Å². The SMILES string of the molecule is CC1CCN(C2CCN(C(=O)Cc3csc(CC(=O)OC(C)(C)C)n3)CC2)CC1.CC1CCN(C2CCN(C(=O)Cc3csc(N(C)C(=O)OC(C)(C)C)n3)CC2)CC1. The van der Waals surface area contributed by atoms with Gasteiger partial charge in [-0.25, -0.2) is 14.8 Å². The highest BCUT2D eigenvalue weighted by Crippen LogP contribution is 2.27. The van der Waals surface area contributed by atoms with E-state index in [9.17, 15) is 19.2 Å². The van der Waals surface area contributed by atoms with Gasteiger partial charge in [0.05, 0.1) is 30.7 Å². The van der Waals surface area contributed by atoms with Crippen LogP contribution in [0.25, 0.3) is 0 Å². The van der Waals surface area contributed by atoms with Gasteiger partial charge in [-0.15, -0.1) is 22.7 Å². The van der Waals surface area contributed by atoms with Gasteiger partial charge in [-0.1, -0.05) is 13.8 Å². The Balaban J connectivity index is 0.000000224. The molecule has 4 fully saturated rings. The zero-order chi connectivity index (χ0) is 42.9. The average Bonchev–Trinajstić information content (AvgIpc) is 3.83. The Kier molecular flexibility index (Phi) is 16.8. The molecule has 0 unspecified atom stereocenters. The summed E-state index contributed by atoms with van der Waals surface area (Å²) in [6, 6.07) is 1.25. The quantitative estimate of drug-likeness (QED) is 0.242. The summed E-state index contributed by atoms with van der Waals surface area (Å²) in [5, 5.41) is 5.00. The van der Waals surface area contributed by atoms with Gasteiger partial charge in [0.15, 0.2) is 5.13 Å². The van der Waals surface area contributed by atoms with Crippen LogP contribution < -0.4 is 4.90 Å². The van der Waals surface area contributed by atoms with Crippen LogP contribution in [0.1, 0.15) is 123 Å². The Bertz CT molecular complexity index is 1670. The molecule has 2 aromatic rings. The van der Waals surface area contributed by atoms with Crippen LogP contribution in [0.3, 0.4) is 0 Å². The van der Waals surface area contributed by atoms with Crippen LogP contribution in [-0.4, -0.2) is 136 Å². The lowest BCUT2D eigenvalue weighted by Crippen LogP contribution is -2.49. The van der Waals surface area contributed by atoms with Gasteiger partial charge in [0.2, 0.25) is 11.8 Å². The number of amides is 3. The number of hydrogen-bond donors (Lipinski definition) is 0. The lowest BCUT2D eigenvalue weighted by Gasteiger charge is -2.41. The van der Waals surface area contributed by atoms with Crippen molar-refractivity contribution in [2.24, 2.45) is 11.8 Å². The number of thiazole rings is 2. The molecule has 0 bridgehead atoms. The number of ether oxygens (including phenoxy) is 2. The van der Waals surface area contributed by atoms with Crippen molar-refractivity contribution in [2.45, 2.75) is 149 Å². The Hall–Kier alpha value is -3.14. The van der Waals surface area contributed by atoms with E-state index in [0.29, 0.717) is 34.3 Å². The number of piperidine rings is 4. The highest BCUT2D eigenvalue weighted by atomic mass is 32.1. The Morgan fingerprint density at radius 1 is 0.627 bits per heavy atom. The number of carbonyl (C=O) groups excluding carboxylic acids is 4. The molecule has 2 aromatic heterocycles. The van der Waals surface area contributed by atoms with Gasteiger partial charge >= 0.3 is 12.1 Å². The van der Waals surface area contributed by atoms with E-state index in [-0.39, 0.29) is 30.6 Å². The molecule has 0 saturated carbocycles. The topological polar surface area (TPSA) is 129 Å². The third-order valence-electron chi connectivity index (χ3n) is 11.8. The van der Waals surface area contributed by atoms with Crippen LogP contribution in [0.5, 0.6) is 0 Å². The minimum Gasteiger partial charge on any atom is -0.460 e. The van der Waals surface area contributed by atoms with Crippen molar-refractivity contribution in [1.29, 1.82) is 0 Å². The van der Waals surface area contributed by atoms with Crippen molar-refractivity contribution in [2.75, 3.05) is 64.3 Å². The number of likely N-dealkylation sites (tertiary alicyclic amines) is 4. The number of rotatable bonds is 9. The lowest BCUT2D eigenvalue weighted by atomic mass is 9.95. The van der Waals surface area contributed by atoms with Crippen LogP contribution in [0.4, 0.5) is 9.93 Å². The van der Waals surface area contributed by atoms with Gasteiger partial charge in [0.1, 0.15) is 16.2 Å². The molecule has 3 amide bonds. The predicted molar refractivity (Wildman–Crippen MR) is 235 cm³/mol. The van der Waals surface area contributed by atoms with Gasteiger partial charge in [-0.05, 0) is 131 Å². The van der Waals surface area contributed by atoms with E-state index < -0.39 is 17.3 Å². The third-order valence-corrected chi connectivity index (χ3v) is 13.6. The molecule has 330 valence electrons. The fourth-order valence-corrected chi connectivity index (χ4v) is 9.79. The average molecular weight is 858 g/mol. The summed E-state index contributed by atoms with van der Waals surface area (Å²) in [4.78, 5) is 69.2. The molecule has 0 radical (unpaired) electrons. The summed E-state index contributed by atoms with van der Waals surface area (Å²) in [5.74, 6) is 1.69. The number of carbonyl (C=O) groups is 4. The molecule has 0 N–H and O–H groups in total. The second kappa shape index (κ2) is 21.1. The second-order valence-electron chi connectivity index (χ2n) is 19.2. The summed E-state index contributed by atoms with van der Waals surface area (Å²) in [6.07, 6.45) is 9.77. The van der Waals surface area contributed by atoms with Crippen LogP contribution in [0.15, 0.2) is 10.8 Å². The molecule has 6 heterocycles. The minimum absolute atomic E-state index is 0.123. The van der Waals surface area contributed by atoms with Gasteiger partial charge in [0, 0.05) is 56.1 Å². The van der Waals surface area contributed by atoms with Crippen LogP contribution in [0.2, 0.25) is 0 Å². The monoisotopic (exact) mass is 857 g/mol. The fraction of sp³-hybridized carbons (Fsp3) is 0.773. The van der Waals surface area contributed by atoms with E-state index in [0.717, 1.165) is 69.4 Å². The maximum absolute atomic E-state index is 12.8. The van der Waals surface area contributed by atoms with E-state index in [1.54, 1.807) is 7.05 Å². The van der Waals surface area contributed by atoms with Crippen LogP contribution >= 0.6 is 22.7 Å². The van der Waals surface area contributed by atoms with Crippen LogP contribution in [-0.2, 0) is 43.1 Å². The lowest BCUT2D eigenvalue weighted by molar-refractivity contribution is -0.154. The summed E-state index contributed by atoms with van der Waals surface area (Å²) >= 11 is 2.78. The van der Waals surface area contributed by atoms with Crippen LogP contribution in [0, 0.1) is 11.8 Å². The standard InChI is InChI=1S/C22H36N4O3S.C22H35N3O3S/c1-16-6-10-25(11-7-16)18-8-12-26(13-9-18)19(27)14-17-15-30-20(23-17)24(5)21(28)29-22(2,3)4;1-16-5-9-24(10-6-16)18-7-11-25(12-8-18)20(26)13-17-15-29-19(23-17)14-21(27)28-22(2,3)4/h15-16,18H,6-14H2,1-5H3;15-16,18H,5-14H2,1-4H3. The molecule has 15 heteroatoms. The maximum atomic E-state index is 12.8. The summed E-state index contributed by atoms with van der Waals surface area (Å²) in [5.41, 5.74) is 0.416. The molecule has 0 aliphatic carbocycles. The molecule has 13 nitrogen and oxygen atoms in total. The first-order valence-corrected chi connectivity index (χ1v) is 23.7. The molecule has 0 aromatic carbocycles. The zero-order valence-corrected chi connectivity index (χ0v) is 38.9. The van der Waals surface area contributed by atoms with E-state index in [4.69, 9.17) is 9.47 Å². The van der Waals surface area contributed by atoms with Gasteiger partial charge in [-0.3, -0.25) is 19.3 Å². The Morgan fingerprint density at radius 3 is 1.49 bits per heavy atom. The summed E-state index contributed by atoms with van der Waals surface area (Å²) in [7, 11) is 1.64. The van der Waals surface area contributed by atoms with Crippen molar-refractivity contribution in [3.63, 3.8) is 0 Å². The summed E-state index contributed by atoms with van der Waals surface area (Å²) < 4.78 is 10.7. The molecule has 0 atom stereocenters. The Morgan fingerprint density at radius 2 is 1.05 bits per heavy atom. The largest absolute Gasteiger partial charge is 0.460 e. The highest BCUT2D eigenvalue weighted by Gasteiger charge is 2.31. The summed E-state index contributed by atoms with van der Waals surface area (Å²) in [6.45, 7) is 23.9. The smallest absolute Gasteiger partial charge is 0.416 e. The van der Waals surface area contributed by atoms with E-state index in [1.807, 2.05) is 62.1 Å². The van der Waals surface area contributed by atoms with Gasteiger partial charge < -0.3 is 29.1 Å². The molecule has 6 rings (SSSR count). The second-order valence-corrected chi connectivity index (χ2v) is 21.0. The van der Waals surface area contributed by atoms with Gasteiger partial charge in [0.25, 0.3) is 0 Å². The molecule has 59 heavy (non-hydrogen) atoms. The first kappa shape index (κ1) is 46.9. The number of aromatic nitrogens is 2. The first-order valence-electron chi connectivity index (χ1n) is 21.9. The number of esters is 1. The van der Waals surface area contributed by atoms with Crippen molar-refractivity contribution in [3.05, 3.63) is 27.2 Å². The van der Waals surface area contributed by atoms with Gasteiger partial charge in [-0.2, -0.15) is 0 Å². The van der Waals surface area contributed by atoms with Crippen molar-refractivity contribution in [3.8, 4) is 0 Å². The fourth-order valence-electron chi connectivity index (χ4n) is 8.23. The first-order chi connectivity index (χ1) is 27.8. The molecule has 4 aliphatic heterocycles. The van der Waals surface area contributed by atoms with E-state index >= 15 is 0 Å². The molecule has 4 aliphatic rings. The van der Waals surface area contributed by atoms with Crippen molar-refractivity contribution >= 4 is 51.7 Å². The minimum atomic E-state index is -0.556.